The van der Waals surface area contributed by atoms with Crippen LogP contribution in [0.4, 0.5) is 10.5 Å². The van der Waals surface area contributed by atoms with E-state index in [4.69, 9.17) is 9.47 Å². The lowest BCUT2D eigenvalue weighted by Crippen LogP contribution is -2.39. The molecule has 2 amide bonds. The second kappa shape index (κ2) is 6.24. The van der Waals surface area contributed by atoms with Crippen LogP contribution in [0.15, 0.2) is 48.5 Å². The van der Waals surface area contributed by atoms with Crippen LogP contribution in [0, 0.1) is 0 Å². The molecule has 1 atom stereocenters. The highest BCUT2D eigenvalue weighted by atomic mass is 16.6. The van der Waals surface area contributed by atoms with Gasteiger partial charge in [-0.05, 0) is 50.1 Å². The number of ether oxygens (including phenoxy) is 2. The Bertz CT molecular complexity index is 808. The van der Waals surface area contributed by atoms with E-state index in [9.17, 15) is 9.59 Å². The predicted octanol–water partition coefficient (Wildman–Crippen LogP) is 4.11. The topological polar surface area (TPSA) is 55.8 Å². The highest BCUT2D eigenvalue weighted by Crippen LogP contribution is 2.43. The predicted molar refractivity (Wildman–Crippen MR) is 95.0 cm³/mol. The number of carbonyl (C=O) groups is 2. The van der Waals surface area contributed by atoms with E-state index in [0.717, 1.165) is 16.0 Å². The Morgan fingerprint density at radius 2 is 1.76 bits per heavy atom. The lowest BCUT2D eigenvalue weighted by molar-refractivity contribution is -0.118. The van der Waals surface area contributed by atoms with Crippen molar-refractivity contribution in [3.63, 3.8) is 0 Å². The number of rotatable bonds is 2. The molecule has 0 saturated heterocycles. The molecule has 130 valence electrons. The molecule has 0 fully saturated rings. The van der Waals surface area contributed by atoms with Gasteiger partial charge in [0, 0.05) is 0 Å². The molecule has 5 nitrogen and oxygen atoms in total. The van der Waals surface area contributed by atoms with Gasteiger partial charge in [0.05, 0.1) is 18.7 Å². The fourth-order valence-electron chi connectivity index (χ4n) is 2.94. The van der Waals surface area contributed by atoms with Crippen LogP contribution in [0.2, 0.25) is 0 Å². The summed E-state index contributed by atoms with van der Waals surface area (Å²) in [6.07, 6.45) is -0.664. The SMILES string of the molecule is COc1ccc2c(c1)C(c1ccccc1)C(=O)N2C(=O)OC(C)(C)C. The smallest absolute Gasteiger partial charge is 0.421 e. The lowest BCUT2D eigenvalue weighted by Gasteiger charge is -2.24. The molecule has 0 spiro atoms. The number of hydrogen-bond acceptors (Lipinski definition) is 4. The number of anilines is 1. The standard InChI is InChI=1S/C20H21NO4/c1-20(2,3)25-19(23)21-16-11-10-14(24-4)12-15(16)17(18(21)22)13-8-6-5-7-9-13/h5-12,17H,1-4H3. The Morgan fingerprint density at radius 1 is 1.08 bits per heavy atom. The minimum atomic E-state index is -0.686. The van der Waals surface area contributed by atoms with Gasteiger partial charge in [-0.1, -0.05) is 30.3 Å². The van der Waals surface area contributed by atoms with Crippen LogP contribution in [0.1, 0.15) is 37.8 Å². The third-order valence-electron chi connectivity index (χ3n) is 3.96. The van der Waals surface area contributed by atoms with Gasteiger partial charge in [-0.2, -0.15) is 0 Å². The minimum absolute atomic E-state index is 0.316. The molecule has 1 aliphatic heterocycles. The number of imide groups is 1. The number of methoxy groups -OCH3 is 1. The fourth-order valence-corrected chi connectivity index (χ4v) is 2.94. The summed E-state index contributed by atoms with van der Waals surface area (Å²) in [5, 5.41) is 0. The number of amides is 2. The normalized spacial score (nSPS) is 16.6. The van der Waals surface area contributed by atoms with E-state index in [-0.39, 0.29) is 5.91 Å². The van der Waals surface area contributed by atoms with Crippen LogP contribution in [0.3, 0.4) is 0 Å². The molecule has 0 radical (unpaired) electrons. The molecule has 1 heterocycles. The van der Waals surface area contributed by atoms with E-state index in [0.29, 0.717) is 11.4 Å². The minimum Gasteiger partial charge on any atom is -0.497 e. The van der Waals surface area contributed by atoms with Crippen molar-refractivity contribution in [1.29, 1.82) is 0 Å². The summed E-state index contributed by atoms with van der Waals surface area (Å²) in [7, 11) is 1.57. The molecule has 1 aliphatic rings. The van der Waals surface area contributed by atoms with Crippen molar-refractivity contribution in [2.45, 2.75) is 32.3 Å². The summed E-state index contributed by atoms with van der Waals surface area (Å²) in [5.41, 5.74) is 1.41. The Hall–Kier alpha value is -2.82. The van der Waals surface area contributed by atoms with Gasteiger partial charge in [0.1, 0.15) is 11.4 Å². The van der Waals surface area contributed by atoms with E-state index in [2.05, 4.69) is 0 Å². The van der Waals surface area contributed by atoms with E-state index in [1.807, 2.05) is 30.3 Å². The molecule has 0 aliphatic carbocycles. The Balaban J connectivity index is 2.09. The van der Waals surface area contributed by atoms with Crippen molar-refractivity contribution >= 4 is 17.7 Å². The van der Waals surface area contributed by atoms with Gasteiger partial charge in [-0.15, -0.1) is 0 Å². The second-order valence-electron chi connectivity index (χ2n) is 6.92. The summed E-state index contributed by atoms with van der Waals surface area (Å²) >= 11 is 0. The lowest BCUT2D eigenvalue weighted by atomic mass is 9.92. The Morgan fingerprint density at radius 3 is 2.36 bits per heavy atom. The van der Waals surface area contributed by atoms with Gasteiger partial charge >= 0.3 is 6.09 Å². The maximum atomic E-state index is 13.1. The van der Waals surface area contributed by atoms with Gasteiger partial charge in [-0.3, -0.25) is 4.79 Å². The highest BCUT2D eigenvalue weighted by Gasteiger charge is 2.43. The van der Waals surface area contributed by atoms with Crippen LogP contribution < -0.4 is 9.64 Å². The number of fused-ring (bicyclic) bond motifs is 1. The highest BCUT2D eigenvalue weighted by molar-refractivity contribution is 6.20. The molecule has 25 heavy (non-hydrogen) atoms. The van der Waals surface area contributed by atoms with E-state index in [1.54, 1.807) is 46.1 Å². The second-order valence-corrected chi connectivity index (χ2v) is 6.92. The number of benzene rings is 2. The zero-order chi connectivity index (χ0) is 18.2. The number of carbonyl (C=O) groups excluding carboxylic acids is 2. The maximum absolute atomic E-state index is 13.1. The molecule has 2 aromatic carbocycles. The third-order valence-corrected chi connectivity index (χ3v) is 3.96. The molecular formula is C20H21NO4. The van der Waals surface area contributed by atoms with Crippen LogP contribution in [-0.2, 0) is 9.53 Å². The fraction of sp³-hybridized carbons (Fsp3) is 0.300. The van der Waals surface area contributed by atoms with Gasteiger partial charge in [0.2, 0.25) is 5.91 Å². The van der Waals surface area contributed by atoms with Crippen molar-refractivity contribution in [2.24, 2.45) is 0 Å². The first kappa shape index (κ1) is 17.0. The van der Waals surface area contributed by atoms with Gasteiger partial charge in [0.25, 0.3) is 0 Å². The molecule has 0 saturated carbocycles. The quantitative estimate of drug-likeness (QED) is 0.826. The number of nitrogens with zero attached hydrogens (tertiary/aromatic N) is 1. The molecule has 3 rings (SSSR count). The van der Waals surface area contributed by atoms with Crippen LogP contribution in [0.5, 0.6) is 5.75 Å². The summed E-state index contributed by atoms with van der Waals surface area (Å²) in [6, 6.07) is 14.7. The molecule has 5 heteroatoms. The zero-order valence-electron chi connectivity index (χ0n) is 14.8. The van der Waals surface area contributed by atoms with Crippen LogP contribution in [-0.4, -0.2) is 24.7 Å². The van der Waals surface area contributed by atoms with Crippen molar-refractivity contribution < 1.29 is 19.1 Å². The van der Waals surface area contributed by atoms with Gasteiger partial charge in [-0.25, -0.2) is 9.69 Å². The molecule has 2 aromatic rings. The third kappa shape index (κ3) is 3.22. The summed E-state index contributed by atoms with van der Waals surface area (Å²) in [4.78, 5) is 26.8. The summed E-state index contributed by atoms with van der Waals surface area (Å²) in [5.74, 6) is -0.235. The van der Waals surface area contributed by atoms with Crippen molar-refractivity contribution in [3.05, 3.63) is 59.7 Å². The van der Waals surface area contributed by atoms with Crippen molar-refractivity contribution in [2.75, 3.05) is 12.0 Å². The monoisotopic (exact) mass is 339 g/mol. The first-order valence-corrected chi connectivity index (χ1v) is 8.11. The zero-order valence-corrected chi connectivity index (χ0v) is 14.8. The summed E-state index contributed by atoms with van der Waals surface area (Å²) in [6.45, 7) is 5.32. The van der Waals surface area contributed by atoms with Gasteiger partial charge < -0.3 is 9.47 Å². The number of hydrogen-bond donors (Lipinski definition) is 0. The van der Waals surface area contributed by atoms with Crippen LogP contribution in [0.25, 0.3) is 0 Å². The Labute approximate surface area is 147 Å². The largest absolute Gasteiger partial charge is 0.497 e. The van der Waals surface area contributed by atoms with E-state index >= 15 is 0 Å². The average Bonchev–Trinajstić information content (AvgIpc) is 2.85. The van der Waals surface area contributed by atoms with Crippen molar-refractivity contribution in [3.8, 4) is 5.75 Å². The van der Waals surface area contributed by atoms with Crippen LogP contribution >= 0.6 is 0 Å². The molecule has 1 unspecified atom stereocenters. The van der Waals surface area contributed by atoms with E-state index < -0.39 is 17.6 Å². The summed E-state index contributed by atoms with van der Waals surface area (Å²) < 4.78 is 10.7. The first-order chi connectivity index (χ1) is 11.8. The van der Waals surface area contributed by atoms with E-state index in [1.165, 1.54) is 0 Å². The first-order valence-electron chi connectivity index (χ1n) is 8.11. The molecule has 0 bridgehead atoms. The van der Waals surface area contributed by atoms with Gasteiger partial charge in [0.15, 0.2) is 0 Å². The Kier molecular flexibility index (Phi) is 4.25. The van der Waals surface area contributed by atoms with Crippen molar-refractivity contribution in [1.82, 2.24) is 0 Å². The average molecular weight is 339 g/mol. The molecule has 0 N–H and O–H groups in total. The molecule has 0 aromatic heterocycles. The molecular weight excluding hydrogens is 318 g/mol. The maximum Gasteiger partial charge on any atom is 0.421 e.